The number of nitrogens with one attached hydrogen (secondary N) is 1. The molecule has 2 aliphatic rings. The Morgan fingerprint density at radius 1 is 1.37 bits per heavy atom. The van der Waals surface area contributed by atoms with Crippen LogP contribution in [-0.2, 0) is 0 Å². The lowest BCUT2D eigenvalue weighted by Gasteiger charge is -2.37. The summed E-state index contributed by atoms with van der Waals surface area (Å²) < 4.78 is 37.8. The lowest BCUT2D eigenvalue weighted by Crippen LogP contribution is -2.48. The molecule has 1 N–H and O–H groups in total. The minimum absolute atomic E-state index is 0.121. The van der Waals surface area contributed by atoms with Gasteiger partial charge in [-0.25, -0.2) is 0 Å². The number of alkyl halides is 3. The smallest absolute Gasteiger partial charge is 0.312 e. The van der Waals surface area contributed by atoms with E-state index >= 15 is 0 Å². The van der Waals surface area contributed by atoms with Gasteiger partial charge >= 0.3 is 6.18 Å². The Bertz CT molecular complexity index is 332. The Labute approximate surface area is 113 Å². The van der Waals surface area contributed by atoms with Crippen LogP contribution in [0.25, 0.3) is 0 Å². The molecule has 2 rings (SSSR count). The molecule has 1 atom stereocenters. The SMILES string of the molecule is CC(C)C(CNC1CC1)N1CC=C(C(F)(F)F)CC1. The zero-order chi connectivity index (χ0) is 14.0. The summed E-state index contributed by atoms with van der Waals surface area (Å²) in [6.07, 6.45) is -0.191. The monoisotopic (exact) mass is 276 g/mol. The molecule has 1 fully saturated rings. The molecular formula is C14H23F3N2. The molecule has 1 saturated carbocycles. The van der Waals surface area contributed by atoms with Gasteiger partial charge in [0.15, 0.2) is 0 Å². The van der Waals surface area contributed by atoms with E-state index in [9.17, 15) is 13.2 Å². The molecule has 0 aromatic carbocycles. The summed E-state index contributed by atoms with van der Waals surface area (Å²) in [6, 6.07) is 0.971. The molecule has 0 saturated heterocycles. The van der Waals surface area contributed by atoms with E-state index in [4.69, 9.17) is 0 Å². The minimum Gasteiger partial charge on any atom is -0.312 e. The van der Waals surface area contributed by atoms with Crippen LogP contribution in [0.1, 0.15) is 33.1 Å². The van der Waals surface area contributed by atoms with Crippen molar-refractivity contribution in [2.45, 2.75) is 51.4 Å². The van der Waals surface area contributed by atoms with E-state index in [-0.39, 0.29) is 12.0 Å². The normalized spacial score (nSPS) is 23.6. The highest BCUT2D eigenvalue weighted by Crippen LogP contribution is 2.31. The summed E-state index contributed by atoms with van der Waals surface area (Å²) in [4.78, 5) is 2.18. The van der Waals surface area contributed by atoms with Gasteiger partial charge in [-0.2, -0.15) is 13.2 Å². The Morgan fingerprint density at radius 2 is 2.05 bits per heavy atom. The predicted molar refractivity (Wildman–Crippen MR) is 70.0 cm³/mol. The Hall–Kier alpha value is -0.550. The molecule has 0 bridgehead atoms. The number of hydrogen-bond acceptors (Lipinski definition) is 2. The fourth-order valence-corrected chi connectivity index (χ4v) is 2.60. The van der Waals surface area contributed by atoms with Crippen molar-refractivity contribution in [3.8, 4) is 0 Å². The van der Waals surface area contributed by atoms with Gasteiger partial charge in [-0.05, 0) is 25.2 Å². The van der Waals surface area contributed by atoms with Gasteiger partial charge < -0.3 is 5.32 Å². The largest absolute Gasteiger partial charge is 0.412 e. The molecule has 0 aromatic heterocycles. The van der Waals surface area contributed by atoms with Crippen molar-refractivity contribution in [3.05, 3.63) is 11.6 Å². The van der Waals surface area contributed by atoms with E-state index in [2.05, 4.69) is 24.1 Å². The van der Waals surface area contributed by atoms with E-state index in [0.717, 1.165) is 6.54 Å². The number of hydrogen-bond donors (Lipinski definition) is 1. The summed E-state index contributed by atoms with van der Waals surface area (Å²) in [7, 11) is 0. The van der Waals surface area contributed by atoms with Crippen molar-refractivity contribution < 1.29 is 13.2 Å². The van der Waals surface area contributed by atoms with Crippen molar-refractivity contribution in [2.75, 3.05) is 19.6 Å². The number of halogens is 3. The second kappa shape index (κ2) is 5.83. The molecule has 2 nitrogen and oxygen atoms in total. The molecule has 1 heterocycles. The van der Waals surface area contributed by atoms with Gasteiger partial charge in [-0.15, -0.1) is 0 Å². The maximum Gasteiger partial charge on any atom is 0.412 e. The molecule has 0 amide bonds. The molecule has 1 unspecified atom stereocenters. The maximum absolute atomic E-state index is 12.6. The van der Waals surface area contributed by atoms with Gasteiger partial charge in [0.2, 0.25) is 0 Å². The summed E-state index contributed by atoms with van der Waals surface area (Å²) in [5.74, 6) is 0.451. The first kappa shape index (κ1) is 14.9. The zero-order valence-electron chi connectivity index (χ0n) is 11.6. The second-order valence-electron chi connectivity index (χ2n) is 5.97. The molecule has 5 heteroatoms. The molecule has 19 heavy (non-hydrogen) atoms. The van der Waals surface area contributed by atoms with Crippen LogP contribution < -0.4 is 5.32 Å². The lowest BCUT2D eigenvalue weighted by molar-refractivity contribution is -0.0965. The third-order valence-corrected chi connectivity index (χ3v) is 4.04. The van der Waals surface area contributed by atoms with E-state index in [1.54, 1.807) is 0 Å². The van der Waals surface area contributed by atoms with Gasteiger partial charge in [0.05, 0.1) is 0 Å². The van der Waals surface area contributed by atoms with Crippen LogP contribution in [0.5, 0.6) is 0 Å². The average Bonchev–Trinajstić information content (AvgIpc) is 3.12. The van der Waals surface area contributed by atoms with Gasteiger partial charge in [0, 0.05) is 37.3 Å². The van der Waals surface area contributed by atoms with Gasteiger partial charge in [0.25, 0.3) is 0 Å². The molecule has 1 aliphatic carbocycles. The second-order valence-corrected chi connectivity index (χ2v) is 5.97. The Balaban J connectivity index is 1.90. The first-order chi connectivity index (χ1) is 8.88. The maximum atomic E-state index is 12.6. The van der Waals surface area contributed by atoms with Crippen LogP contribution in [0.2, 0.25) is 0 Å². The quantitative estimate of drug-likeness (QED) is 0.777. The average molecular weight is 276 g/mol. The lowest BCUT2D eigenvalue weighted by atomic mass is 9.99. The van der Waals surface area contributed by atoms with Gasteiger partial charge in [0.1, 0.15) is 0 Å². The molecule has 0 radical (unpaired) electrons. The summed E-state index contributed by atoms with van der Waals surface area (Å²) in [6.45, 7) is 6.10. The summed E-state index contributed by atoms with van der Waals surface area (Å²) in [5, 5.41) is 3.49. The van der Waals surface area contributed by atoms with Crippen LogP contribution in [-0.4, -0.2) is 42.8 Å². The van der Waals surface area contributed by atoms with Crippen molar-refractivity contribution >= 4 is 0 Å². The Kier molecular flexibility index (Phi) is 4.56. The number of rotatable bonds is 5. The van der Waals surface area contributed by atoms with Crippen molar-refractivity contribution in [3.63, 3.8) is 0 Å². The van der Waals surface area contributed by atoms with Crippen LogP contribution in [0, 0.1) is 5.92 Å². The van der Waals surface area contributed by atoms with E-state index in [1.165, 1.54) is 18.9 Å². The fourth-order valence-electron chi connectivity index (χ4n) is 2.60. The van der Waals surface area contributed by atoms with E-state index in [0.29, 0.717) is 31.1 Å². The predicted octanol–water partition coefficient (Wildman–Crippen LogP) is 2.96. The first-order valence-electron chi connectivity index (χ1n) is 7.11. The molecule has 110 valence electrons. The zero-order valence-corrected chi connectivity index (χ0v) is 11.6. The summed E-state index contributed by atoms with van der Waals surface area (Å²) in [5.41, 5.74) is -0.360. The highest BCUT2D eigenvalue weighted by molar-refractivity contribution is 5.13. The summed E-state index contributed by atoms with van der Waals surface area (Å²) >= 11 is 0. The van der Waals surface area contributed by atoms with Crippen molar-refractivity contribution in [1.29, 1.82) is 0 Å². The van der Waals surface area contributed by atoms with E-state index < -0.39 is 6.18 Å². The third kappa shape index (κ3) is 4.21. The molecular weight excluding hydrogens is 253 g/mol. The number of nitrogens with zero attached hydrogens (tertiary/aromatic N) is 1. The van der Waals surface area contributed by atoms with Crippen LogP contribution in [0.3, 0.4) is 0 Å². The molecule has 1 aliphatic heterocycles. The molecule has 0 spiro atoms. The third-order valence-electron chi connectivity index (χ3n) is 4.04. The standard InChI is InChI=1S/C14H23F3N2/c1-10(2)13(9-18-12-3-4-12)19-7-5-11(6-8-19)14(15,16)17/h5,10,12-13,18H,3-4,6-9H2,1-2H3. The van der Waals surface area contributed by atoms with Crippen LogP contribution >= 0.6 is 0 Å². The van der Waals surface area contributed by atoms with Gasteiger partial charge in [-0.1, -0.05) is 19.9 Å². The van der Waals surface area contributed by atoms with Crippen LogP contribution in [0.15, 0.2) is 11.6 Å². The molecule has 0 aromatic rings. The minimum atomic E-state index is -4.15. The van der Waals surface area contributed by atoms with E-state index in [1.807, 2.05) is 0 Å². The van der Waals surface area contributed by atoms with Crippen molar-refractivity contribution in [1.82, 2.24) is 10.2 Å². The topological polar surface area (TPSA) is 15.3 Å². The highest BCUT2D eigenvalue weighted by atomic mass is 19.4. The first-order valence-corrected chi connectivity index (χ1v) is 7.11. The van der Waals surface area contributed by atoms with Gasteiger partial charge in [-0.3, -0.25) is 4.90 Å². The van der Waals surface area contributed by atoms with Crippen molar-refractivity contribution in [2.24, 2.45) is 5.92 Å². The van der Waals surface area contributed by atoms with Crippen LogP contribution in [0.4, 0.5) is 13.2 Å². The fraction of sp³-hybridized carbons (Fsp3) is 0.857. The highest BCUT2D eigenvalue weighted by Gasteiger charge is 2.36. The Morgan fingerprint density at radius 3 is 2.47 bits per heavy atom.